The highest BCUT2D eigenvalue weighted by Gasteiger charge is 2.45. The van der Waals surface area contributed by atoms with Crippen molar-refractivity contribution in [2.75, 3.05) is 0 Å². The molecular formula is C18H30. The van der Waals surface area contributed by atoms with Gasteiger partial charge in [0.05, 0.1) is 0 Å². The summed E-state index contributed by atoms with van der Waals surface area (Å²) in [7, 11) is 0. The molecular weight excluding hydrogens is 216 g/mol. The van der Waals surface area contributed by atoms with Crippen molar-refractivity contribution >= 4 is 0 Å². The van der Waals surface area contributed by atoms with Gasteiger partial charge in [-0.3, -0.25) is 0 Å². The van der Waals surface area contributed by atoms with Crippen LogP contribution in [-0.4, -0.2) is 0 Å². The second-order valence-electron chi connectivity index (χ2n) is 8.50. The van der Waals surface area contributed by atoms with Crippen LogP contribution in [0.3, 0.4) is 0 Å². The van der Waals surface area contributed by atoms with E-state index in [9.17, 15) is 0 Å². The molecule has 0 atom stereocenters. The topological polar surface area (TPSA) is 0 Å². The average Bonchev–Trinajstić information content (AvgIpc) is 3.15. The Bertz CT molecular complexity index is 268. The first-order valence-corrected chi connectivity index (χ1v) is 8.78. The van der Waals surface area contributed by atoms with E-state index in [-0.39, 0.29) is 0 Å². The van der Waals surface area contributed by atoms with E-state index in [1.165, 1.54) is 0 Å². The molecule has 4 fully saturated rings. The molecule has 0 saturated heterocycles. The van der Waals surface area contributed by atoms with Crippen molar-refractivity contribution in [1.82, 2.24) is 0 Å². The third kappa shape index (κ3) is 1.95. The van der Waals surface area contributed by atoms with Crippen LogP contribution in [0.15, 0.2) is 0 Å². The zero-order valence-electron chi connectivity index (χ0n) is 12.1. The van der Waals surface area contributed by atoms with Gasteiger partial charge in [-0.2, -0.15) is 0 Å². The number of hydrogen-bond donors (Lipinski definition) is 0. The fourth-order valence-electron chi connectivity index (χ4n) is 6.33. The third-order valence-electron chi connectivity index (χ3n) is 7.44. The van der Waals surface area contributed by atoms with Crippen LogP contribution < -0.4 is 0 Å². The summed E-state index contributed by atoms with van der Waals surface area (Å²) in [5.41, 5.74) is 1.71. The van der Waals surface area contributed by atoms with E-state index in [1.54, 1.807) is 89.9 Å². The number of hydrogen-bond acceptors (Lipinski definition) is 0. The lowest BCUT2D eigenvalue weighted by molar-refractivity contribution is 0.230. The van der Waals surface area contributed by atoms with E-state index in [0.717, 1.165) is 22.7 Å². The molecule has 18 heavy (non-hydrogen) atoms. The Morgan fingerprint density at radius 1 is 0.611 bits per heavy atom. The lowest BCUT2D eigenvalue weighted by Crippen LogP contribution is -2.16. The zero-order chi connectivity index (χ0) is 12.1. The summed E-state index contributed by atoms with van der Waals surface area (Å²) in [6.45, 7) is 0. The monoisotopic (exact) mass is 246 g/mol. The predicted octanol–water partition coefficient (Wildman–Crippen LogP) is 5.71. The van der Waals surface area contributed by atoms with Gasteiger partial charge in [-0.25, -0.2) is 0 Å². The second-order valence-corrected chi connectivity index (χ2v) is 8.50. The van der Waals surface area contributed by atoms with Crippen molar-refractivity contribution in [2.45, 2.75) is 89.9 Å². The SMILES string of the molecule is C(CCC12CCC(CC1)C2)CC12CCC(CC1)C2. The summed E-state index contributed by atoms with van der Waals surface area (Å²) in [6, 6.07) is 0. The maximum atomic E-state index is 1.61. The Hall–Kier alpha value is 0. The molecule has 0 spiro atoms. The van der Waals surface area contributed by atoms with Gasteiger partial charge in [-0.15, -0.1) is 0 Å². The molecule has 4 bridgehead atoms. The summed E-state index contributed by atoms with van der Waals surface area (Å²) in [6.07, 6.45) is 22.2. The molecule has 0 heterocycles. The van der Waals surface area contributed by atoms with Gasteiger partial charge in [0.15, 0.2) is 0 Å². The minimum Gasteiger partial charge on any atom is -0.0528 e. The molecule has 0 aromatic carbocycles. The first-order chi connectivity index (χ1) is 8.78. The molecule has 0 aliphatic heterocycles. The van der Waals surface area contributed by atoms with Crippen LogP contribution in [-0.2, 0) is 0 Å². The number of rotatable bonds is 5. The molecule has 0 nitrogen and oxygen atoms in total. The summed E-state index contributed by atoms with van der Waals surface area (Å²) in [4.78, 5) is 0. The molecule has 102 valence electrons. The van der Waals surface area contributed by atoms with Crippen molar-refractivity contribution < 1.29 is 0 Å². The lowest BCUT2D eigenvalue weighted by atomic mass is 9.76. The maximum Gasteiger partial charge on any atom is -0.0295 e. The Balaban J connectivity index is 1.23. The molecule has 4 aliphatic carbocycles. The predicted molar refractivity (Wildman–Crippen MR) is 76.5 cm³/mol. The quantitative estimate of drug-likeness (QED) is 0.545. The molecule has 0 heteroatoms. The van der Waals surface area contributed by atoms with Crippen LogP contribution >= 0.6 is 0 Å². The molecule has 0 N–H and O–H groups in total. The summed E-state index contributed by atoms with van der Waals surface area (Å²) in [5.74, 6) is 2.29. The molecule has 0 amide bonds. The van der Waals surface area contributed by atoms with E-state index in [2.05, 4.69) is 0 Å². The van der Waals surface area contributed by atoms with Crippen molar-refractivity contribution in [3.8, 4) is 0 Å². The van der Waals surface area contributed by atoms with Gasteiger partial charge in [-0.1, -0.05) is 12.8 Å². The third-order valence-corrected chi connectivity index (χ3v) is 7.44. The Morgan fingerprint density at radius 2 is 1.00 bits per heavy atom. The van der Waals surface area contributed by atoms with E-state index in [0.29, 0.717) is 0 Å². The van der Waals surface area contributed by atoms with Crippen LogP contribution in [0.25, 0.3) is 0 Å². The van der Waals surface area contributed by atoms with Crippen LogP contribution in [0.4, 0.5) is 0 Å². The Morgan fingerprint density at radius 3 is 1.28 bits per heavy atom. The molecule has 0 unspecified atom stereocenters. The van der Waals surface area contributed by atoms with Gasteiger partial charge in [0, 0.05) is 0 Å². The van der Waals surface area contributed by atoms with Gasteiger partial charge >= 0.3 is 0 Å². The smallest absolute Gasteiger partial charge is 0.0295 e. The Labute approximate surface area is 113 Å². The average molecular weight is 246 g/mol. The molecule has 4 rings (SSSR count). The van der Waals surface area contributed by atoms with Gasteiger partial charge in [0.2, 0.25) is 0 Å². The minimum absolute atomic E-state index is 0.857. The van der Waals surface area contributed by atoms with E-state index >= 15 is 0 Å². The summed E-state index contributed by atoms with van der Waals surface area (Å²) < 4.78 is 0. The number of fused-ring (bicyclic) bond motifs is 4. The van der Waals surface area contributed by atoms with Crippen molar-refractivity contribution in [3.05, 3.63) is 0 Å². The molecule has 4 saturated carbocycles. The van der Waals surface area contributed by atoms with Gasteiger partial charge in [0.25, 0.3) is 0 Å². The fourth-order valence-corrected chi connectivity index (χ4v) is 6.33. The van der Waals surface area contributed by atoms with Crippen LogP contribution in [0.2, 0.25) is 0 Å². The van der Waals surface area contributed by atoms with Gasteiger partial charge < -0.3 is 0 Å². The first-order valence-electron chi connectivity index (χ1n) is 8.78. The second kappa shape index (κ2) is 4.25. The lowest BCUT2D eigenvalue weighted by Gasteiger charge is -2.29. The fraction of sp³-hybridized carbons (Fsp3) is 1.00. The zero-order valence-corrected chi connectivity index (χ0v) is 12.1. The van der Waals surface area contributed by atoms with Gasteiger partial charge in [-0.05, 0) is 99.7 Å². The molecule has 4 aliphatic rings. The molecule has 0 radical (unpaired) electrons. The Kier molecular flexibility index (Phi) is 2.79. The van der Waals surface area contributed by atoms with Crippen molar-refractivity contribution in [2.24, 2.45) is 22.7 Å². The van der Waals surface area contributed by atoms with Crippen LogP contribution in [0, 0.1) is 22.7 Å². The highest BCUT2D eigenvalue weighted by molar-refractivity contribution is 4.97. The highest BCUT2D eigenvalue weighted by atomic mass is 14.5. The van der Waals surface area contributed by atoms with E-state index in [1.807, 2.05) is 0 Å². The summed E-state index contributed by atoms with van der Waals surface area (Å²) in [5, 5.41) is 0. The number of unbranched alkanes of at least 4 members (excludes halogenated alkanes) is 1. The van der Waals surface area contributed by atoms with E-state index < -0.39 is 0 Å². The van der Waals surface area contributed by atoms with Crippen LogP contribution in [0.5, 0.6) is 0 Å². The first kappa shape index (κ1) is 11.8. The normalized spacial score (nSPS) is 49.3. The van der Waals surface area contributed by atoms with Crippen molar-refractivity contribution in [1.29, 1.82) is 0 Å². The molecule has 0 aromatic heterocycles. The minimum atomic E-state index is 0.857. The summed E-state index contributed by atoms with van der Waals surface area (Å²) >= 11 is 0. The maximum absolute atomic E-state index is 1.61. The largest absolute Gasteiger partial charge is 0.0528 e. The van der Waals surface area contributed by atoms with Crippen molar-refractivity contribution in [3.63, 3.8) is 0 Å². The van der Waals surface area contributed by atoms with E-state index in [4.69, 9.17) is 0 Å². The standard InChI is InChI=1S/C18H30/c1(7-17-9-3-15(13-17)4-10-17)2-8-18-11-5-16(14-18)6-12-18/h15-16H,1-14H2. The highest BCUT2D eigenvalue weighted by Crippen LogP contribution is 2.58. The van der Waals surface area contributed by atoms with Gasteiger partial charge in [0.1, 0.15) is 0 Å². The van der Waals surface area contributed by atoms with Crippen LogP contribution in [0.1, 0.15) is 89.9 Å². The molecule has 0 aromatic rings.